The molecule has 3 nitrogen and oxygen atoms in total. The Bertz CT molecular complexity index is 430. The number of hydrogen-bond acceptors (Lipinski definition) is 3. The summed E-state index contributed by atoms with van der Waals surface area (Å²) >= 11 is 0. The van der Waals surface area contributed by atoms with Crippen molar-refractivity contribution in [2.75, 3.05) is 31.1 Å². The van der Waals surface area contributed by atoms with Crippen molar-refractivity contribution < 1.29 is 0 Å². The monoisotopic (exact) mass is 259 g/mol. The number of nitrogens with two attached hydrogens (primary N) is 1. The third kappa shape index (κ3) is 2.63. The van der Waals surface area contributed by atoms with Crippen LogP contribution in [0.1, 0.15) is 37.8 Å². The molecule has 0 spiro atoms. The van der Waals surface area contributed by atoms with Crippen molar-refractivity contribution in [2.45, 2.75) is 38.3 Å². The zero-order valence-corrected chi connectivity index (χ0v) is 11.9. The number of fused-ring (bicyclic) bond motifs is 1. The smallest absolute Gasteiger partial charge is 0.0415 e. The highest BCUT2D eigenvalue weighted by molar-refractivity contribution is 5.55. The van der Waals surface area contributed by atoms with Crippen LogP contribution in [-0.2, 0) is 0 Å². The van der Waals surface area contributed by atoms with E-state index in [0.29, 0.717) is 0 Å². The summed E-state index contributed by atoms with van der Waals surface area (Å²) in [6, 6.07) is 9.50. The molecule has 2 heterocycles. The molecule has 0 bridgehead atoms. The van der Waals surface area contributed by atoms with Gasteiger partial charge in [-0.05, 0) is 37.9 Å². The van der Waals surface area contributed by atoms with Crippen molar-refractivity contribution in [3.8, 4) is 0 Å². The fourth-order valence-electron chi connectivity index (χ4n) is 3.54. The molecular formula is C16H25N3. The Morgan fingerprint density at radius 3 is 2.84 bits per heavy atom. The molecule has 2 fully saturated rings. The molecule has 1 aromatic carbocycles. The molecule has 2 N–H and O–H groups in total. The Labute approximate surface area is 116 Å². The van der Waals surface area contributed by atoms with E-state index in [4.69, 9.17) is 5.73 Å². The molecule has 3 rings (SSSR count). The van der Waals surface area contributed by atoms with Crippen molar-refractivity contribution in [3.05, 3.63) is 29.8 Å². The summed E-state index contributed by atoms with van der Waals surface area (Å²) in [6.07, 6.45) is 4.13. The molecular weight excluding hydrogens is 234 g/mol. The van der Waals surface area contributed by atoms with Gasteiger partial charge in [0.25, 0.3) is 0 Å². The van der Waals surface area contributed by atoms with Gasteiger partial charge in [-0.2, -0.15) is 0 Å². The molecule has 1 aromatic rings. The minimum absolute atomic E-state index is 0.112. The van der Waals surface area contributed by atoms with Crippen molar-refractivity contribution >= 4 is 5.69 Å². The SMILES string of the molecule is C[C@@H](N)c1ccccc1N1CCN2CCCCC2C1. The second kappa shape index (κ2) is 5.51. The van der Waals surface area contributed by atoms with Gasteiger partial charge in [-0.3, -0.25) is 4.90 Å². The summed E-state index contributed by atoms with van der Waals surface area (Å²) in [5, 5.41) is 0. The molecule has 0 amide bonds. The van der Waals surface area contributed by atoms with Crippen LogP contribution in [0.3, 0.4) is 0 Å². The topological polar surface area (TPSA) is 32.5 Å². The van der Waals surface area contributed by atoms with E-state index >= 15 is 0 Å². The van der Waals surface area contributed by atoms with Gasteiger partial charge in [0.05, 0.1) is 0 Å². The van der Waals surface area contributed by atoms with Crippen LogP contribution in [0.2, 0.25) is 0 Å². The van der Waals surface area contributed by atoms with Crippen molar-refractivity contribution in [3.63, 3.8) is 0 Å². The largest absolute Gasteiger partial charge is 0.368 e. The number of hydrogen-bond donors (Lipinski definition) is 1. The first kappa shape index (κ1) is 12.9. The predicted octanol–water partition coefficient (Wildman–Crippen LogP) is 2.38. The van der Waals surface area contributed by atoms with Gasteiger partial charge in [0, 0.05) is 37.4 Å². The Hall–Kier alpha value is -1.06. The minimum atomic E-state index is 0.112. The van der Waals surface area contributed by atoms with Gasteiger partial charge in [0.15, 0.2) is 0 Å². The number of rotatable bonds is 2. The predicted molar refractivity (Wildman–Crippen MR) is 80.5 cm³/mol. The standard InChI is InChI=1S/C16H25N3/c1-13(17)15-7-2-3-8-16(15)19-11-10-18-9-5-4-6-14(18)12-19/h2-3,7-8,13-14H,4-6,9-12,17H2,1H3/t13-,14?/m1/s1. The van der Waals surface area contributed by atoms with Crippen LogP contribution < -0.4 is 10.6 Å². The van der Waals surface area contributed by atoms with Crippen molar-refractivity contribution in [2.24, 2.45) is 5.73 Å². The zero-order chi connectivity index (χ0) is 13.2. The average molecular weight is 259 g/mol. The number of nitrogens with zero attached hydrogens (tertiary/aromatic N) is 2. The van der Waals surface area contributed by atoms with Gasteiger partial charge in [-0.1, -0.05) is 24.6 Å². The molecule has 0 aliphatic carbocycles. The number of piperidine rings is 1. The Morgan fingerprint density at radius 1 is 1.16 bits per heavy atom. The molecule has 2 aliphatic rings. The third-order valence-electron chi connectivity index (χ3n) is 4.61. The minimum Gasteiger partial charge on any atom is -0.368 e. The van der Waals surface area contributed by atoms with Gasteiger partial charge in [0.2, 0.25) is 0 Å². The lowest BCUT2D eigenvalue weighted by Crippen LogP contribution is -2.55. The first-order valence-corrected chi connectivity index (χ1v) is 7.59. The fraction of sp³-hybridized carbons (Fsp3) is 0.625. The van der Waals surface area contributed by atoms with Gasteiger partial charge in [0.1, 0.15) is 0 Å². The summed E-state index contributed by atoms with van der Waals surface area (Å²) in [7, 11) is 0. The number of anilines is 1. The van der Waals surface area contributed by atoms with Gasteiger partial charge < -0.3 is 10.6 Å². The third-order valence-corrected chi connectivity index (χ3v) is 4.61. The summed E-state index contributed by atoms with van der Waals surface area (Å²) in [4.78, 5) is 5.22. The van der Waals surface area contributed by atoms with Crippen LogP contribution in [0.5, 0.6) is 0 Å². The summed E-state index contributed by atoms with van der Waals surface area (Å²) in [5.41, 5.74) is 8.75. The lowest BCUT2D eigenvalue weighted by molar-refractivity contribution is 0.133. The van der Waals surface area contributed by atoms with Crippen LogP contribution in [0.4, 0.5) is 5.69 Å². The van der Waals surface area contributed by atoms with Crippen molar-refractivity contribution in [1.82, 2.24) is 4.90 Å². The molecule has 0 saturated carbocycles. The van der Waals surface area contributed by atoms with Crippen LogP contribution in [0, 0.1) is 0 Å². The van der Waals surface area contributed by atoms with Crippen LogP contribution in [0.15, 0.2) is 24.3 Å². The molecule has 2 atom stereocenters. The maximum absolute atomic E-state index is 6.12. The second-order valence-corrected chi connectivity index (χ2v) is 5.98. The fourth-order valence-corrected chi connectivity index (χ4v) is 3.54. The summed E-state index contributed by atoms with van der Waals surface area (Å²) < 4.78 is 0. The van der Waals surface area contributed by atoms with E-state index < -0.39 is 0 Å². The van der Waals surface area contributed by atoms with E-state index in [-0.39, 0.29) is 6.04 Å². The Balaban J connectivity index is 1.79. The maximum Gasteiger partial charge on any atom is 0.0415 e. The first-order valence-electron chi connectivity index (χ1n) is 7.59. The molecule has 19 heavy (non-hydrogen) atoms. The molecule has 0 radical (unpaired) electrons. The van der Waals surface area contributed by atoms with E-state index in [2.05, 4.69) is 41.0 Å². The summed E-state index contributed by atoms with van der Waals surface area (Å²) in [5.74, 6) is 0. The highest BCUT2D eigenvalue weighted by Crippen LogP contribution is 2.29. The van der Waals surface area contributed by atoms with Gasteiger partial charge in [-0.25, -0.2) is 0 Å². The number of para-hydroxylation sites is 1. The van der Waals surface area contributed by atoms with E-state index in [1.807, 2.05) is 0 Å². The van der Waals surface area contributed by atoms with Crippen LogP contribution in [0.25, 0.3) is 0 Å². The van der Waals surface area contributed by atoms with E-state index in [0.717, 1.165) is 12.6 Å². The molecule has 2 saturated heterocycles. The lowest BCUT2D eigenvalue weighted by Gasteiger charge is -2.45. The van der Waals surface area contributed by atoms with Crippen LogP contribution >= 0.6 is 0 Å². The second-order valence-electron chi connectivity index (χ2n) is 5.98. The molecule has 3 heteroatoms. The van der Waals surface area contributed by atoms with E-state index in [1.54, 1.807) is 0 Å². The average Bonchev–Trinajstić information content (AvgIpc) is 2.46. The van der Waals surface area contributed by atoms with Gasteiger partial charge in [-0.15, -0.1) is 0 Å². The highest BCUT2D eigenvalue weighted by atomic mass is 15.3. The first-order chi connectivity index (χ1) is 9.25. The molecule has 104 valence electrons. The zero-order valence-electron chi connectivity index (χ0n) is 11.9. The molecule has 1 unspecified atom stereocenters. The highest BCUT2D eigenvalue weighted by Gasteiger charge is 2.29. The number of piperazine rings is 1. The lowest BCUT2D eigenvalue weighted by atomic mass is 9.98. The number of benzene rings is 1. The van der Waals surface area contributed by atoms with E-state index in [9.17, 15) is 0 Å². The van der Waals surface area contributed by atoms with Crippen LogP contribution in [-0.4, -0.2) is 37.1 Å². The summed E-state index contributed by atoms with van der Waals surface area (Å²) in [6.45, 7) is 6.89. The van der Waals surface area contributed by atoms with E-state index in [1.165, 1.54) is 50.1 Å². The molecule has 0 aromatic heterocycles. The quantitative estimate of drug-likeness (QED) is 0.885. The Morgan fingerprint density at radius 2 is 2.00 bits per heavy atom. The van der Waals surface area contributed by atoms with Crippen molar-refractivity contribution in [1.29, 1.82) is 0 Å². The van der Waals surface area contributed by atoms with Gasteiger partial charge >= 0.3 is 0 Å². The Kier molecular flexibility index (Phi) is 3.76. The maximum atomic E-state index is 6.12. The normalized spacial score (nSPS) is 26.0. The molecule has 2 aliphatic heterocycles.